The van der Waals surface area contributed by atoms with Gasteiger partial charge in [0, 0.05) is 24.3 Å². The van der Waals surface area contributed by atoms with E-state index in [0.717, 1.165) is 25.2 Å². The van der Waals surface area contributed by atoms with Crippen molar-refractivity contribution in [1.29, 1.82) is 0 Å². The van der Waals surface area contributed by atoms with E-state index in [4.69, 9.17) is 0 Å². The molecule has 4 heteroatoms. The second-order valence-corrected chi connectivity index (χ2v) is 5.85. The zero-order chi connectivity index (χ0) is 14.5. The molecule has 1 amide bonds. The lowest BCUT2D eigenvalue weighted by atomic mass is 9.97. The molecule has 20 heavy (non-hydrogen) atoms. The van der Waals surface area contributed by atoms with Gasteiger partial charge in [0.2, 0.25) is 0 Å². The summed E-state index contributed by atoms with van der Waals surface area (Å²) in [5.41, 5.74) is 0.686. The molecule has 2 rings (SSSR count). The number of hydrogen-bond donors (Lipinski definition) is 2. The highest BCUT2D eigenvalue weighted by Crippen LogP contribution is 2.31. The van der Waals surface area contributed by atoms with Crippen LogP contribution in [0.3, 0.4) is 0 Å². The summed E-state index contributed by atoms with van der Waals surface area (Å²) in [4.78, 5) is 16.5. The van der Waals surface area contributed by atoms with Gasteiger partial charge in [-0.2, -0.15) is 0 Å². The zero-order valence-electron chi connectivity index (χ0n) is 12.6. The maximum Gasteiger partial charge on any atom is 0.251 e. The lowest BCUT2D eigenvalue weighted by Crippen LogP contribution is -2.37. The average molecular weight is 275 g/mol. The first-order chi connectivity index (χ1) is 9.61. The van der Waals surface area contributed by atoms with E-state index in [1.807, 2.05) is 6.07 Å². The highest BCUT2D eigenvalue weighted by molar-refractivity contribution is 5.95. The smallest absolute Gasteiger partial charge is 0.251 e. The van der Waals surface area contributed by atoms with E-state index in [1.165, 1.54) is 6.42 Å². The summed E-state index contributed by atoms with van der Waals surface area (Å²) in [6, 6.07) is 3.90. The van der Waals surface area contributed by atoms with Crippen molar-refractivity contribution in [3.05, 3.63) is 23.9 Å². The van der Waals surface area contributed by atoms with Gasteiger partial charge in [0.05, 0.1) is 0 Å². The fourth-order valence-corrected chi connectivity index (χ4v) is 2.74. The highest BCUT2D eigenvalue weighted by atomic mass is 16.1. The van der Waals surface area contributed by atoms with Gasteiger partial charge in [-0.3, -0.25) is 4.79 Å². The summed E-state index contributed by atoms with van der Waals surface area (Å²) in [6.07, 6.45) is 5.01. The van der Waals surface area contributed by atoms with E-state index in [1.54, 1.807) is 12.3 Å². The molecule has 110 valence electrons. The number of carbonyl (C=O) groups is 1. The number of hydrogen-bond acceptors (Lipinski definition) is 3. The summed E-state index contributed by atoms with van der Waals surface area (Å²) >= 11 is 0. The minimum atomic E-state index is 0.0119. The van der Waals surface area contributed by atoms with Gasteiger partial charge in [0.1, 0.15) is 5.82 Å². The zero-order valence-corrected chi connectivity index (χ0v) is 12.6. The third kappa shape index (κ3) is 3.50. The van der Waals surface area contributed by atoms with Gasteiger partial charge < -0.3 is 10.6 Å². The van der Waals surface area contributed by atoms with Gasteiger partial charge in [-0.05, 0) is 43.2 Å². The van der Waals surface area contributed by atoms with Crippen molar-refractivity contribution in [2.75, 3.05) is 11.9 Å². The number of nitrogens with one attached hydrogen (secondary N) is 2. The van der Waals surface area contributed by atoms with Crippen LogP contribution in [0.15, 0.2) is 18.3 Å². The highest BCUT2D eigenvalue weighted by Gasteiger charge is 2.30. The molecule has 3 unspecified atom stereocenters. The van der Waals surface area contributed by atoms with Crippen molar-refractivity contribution in [3.8, 4) is 0 Å². The van der Waals surface area contributed by atoms with Gasteiger partial charge in [0.15, 0.2) is 0 Å². The van der Waals surface area contributed by atoms with Crippen molar-refractivity contribution in [3.63, 3.8) is 0 Å². The third-order valence-electron chi connectivity index (χ3n) is 4.36. The van der Waals surface area contributed by atoms with Crippen LogP contribution in [0, 0.1) is 11.8 Å². The van der Waals surface area contributed by atoms with Crippen LogP contribution in [0.5, 0.6) is 0 Å². The number of pyridine rings is 1. The van der Waals surface area contributed by atoms with Crippen molar-refractivity contribution >= 4 is 11.7 Å². The monoisotopic (exact) mass is 275 g/mol. The molecule has 1 aliphatic rings. The Morgan fingerprint density at radius 3 is 2.85 bits per heavy atom. The summed E-state index contributed by atoms with van der Waals surface area (Å²) in [5, 5.41) is 6.37. The van der Waals surface area contributed by atoms with Crippen LogP contribution in [0.1, 0.15) is 50.4 Å². The molecule has 1 aromatic rings. The molecular weight excluding hydrogens is 250 g/mol. The minimum absolute atomic E-state index is 0.0119. The van der Waals surface area contributed by atoms with Crippen LogP contribution in [-0.4, -0.2) is 23.5 Å². The first kappa shape index (κ1) is 14.8. The largest absolute Gasteiger partial charge is 0.370 e. The molecule has 0 spiro atoms. The molecule has 1 saturated carbocycles. The Labute approximate surface area is 121 Å². The van der Waals surface area contributed by atoms with Crippen molar-refractivity contribution in [2.24, 2.45) is 11.8 Å². The quantitative estimate of drug-likeness (QED) is 0.868. The Kier molecular flexibility index (Phi) is 4.99. The summed E-state index contributed by atoms with van der Waals surface area (Å²) in [5.74, 6) is 2.03. The SMILES string of the molecule is CCCNc1cc(C(=O)NC2CCC(C)C2C)ccn1. The third-order valence-corrected chi connectivity index (χ3v) is 4.36. The average Bonchev–Trinajstić information content (AvgIpc) is 2.77. The molecule has 0 radical (unpaired) electrons. The molecule has 0 aliphatic heterocycles. The number of anilines is 1. The fraction of sp³-hybridized carbons (Fsp3) is 0.625. The normalized spacial score (nSPS) is 25.4. The maximum atomic E-state index is 12.3. The van der Waals surface area contributed by atoms with Gasteiger partial charge in [-0.15, -0.1) is 0 Å². The Morgan fingerprint density at radius 1 is 1.40 bits per heavy atom. The van der Waals surface area contributed by atoms with Gasteiger partial charge in [-0.1, -0.05) is 20.8 Å². The summed E-state index contributed by atoms with van der Waals surface area (Å²) in [7, 11) is 0. The maximum absolute atomic E-state index is 12.3. The van der Waals surface area contributed by atoms with Crippen molar-refractivity contribution < 1.29 is 4.79 Å². The predicted octanol–water partition coefficient (Wildman–Crippen LogP) is 3.07. The molecule has 2 N–H and O–H groups in total. The van der Waals surface area contributed by atoms with E-state index >= 15 is 0 Å². The van der Waals surface area contributed by atoms with E-state index < -0.39 is 0 Å². The topological polar surface area (TPSA) is 54.0 Å². The van der Waals surface area contributed by atoms with Crippen LogP contribution in [0.2, 0.25) is 0 Å². The van der Waals surface area contributed by atoms with Crippen LogP contribution in [0.25, 0.3) is 0 Å². The molecule has 3 atom stereocenters. The first-order valence-corrected chi connectivity index (χ1v) is 7.62. The van der Waals surface area contributed by atoms with Crippen molar-refractivity contribution in [2.45, 2.75) is 46.1 Å². The van der Waals surface area contributed by atoms with E-state index in [9.17, 15) is 4.79 Å². The Hall–Kier alpha value is -1.58. The van der Waals surface area contributed by atoms with Crippen LogP contribution in [-0.2, 0) is 0 Å². The number of amides is 1. The molecule has 4 nitrogen and oxygen atoms in total. The van der Waals surface area contributed by atoms with Crippen LogP contribution < -0.4 is 10.6 Å². The molecule has 0 aromatic carbocycles. The standard InChI is InChI=1S/C16H25N3O/c1-4-8-17-15-10-13(7-9-18-15)16(20)19-14-6-5-11(2)12(14)3/h7,9-12,14H,4-6,8H2,1-3H3,(H,17,18)(H,19,20). The lowest BCUT2D eigenvalue weighted by Gasteiger charge is -2.19. The van der Waals surface area contributed by atoms with Gasteiger partial charge in [0.25, 0.3) is 5.91 Å². The number of carbonyl (C=O) groups excluding carboxylic acids is 1. The van der Waals surface area contributed by atoms with E-state index in [-0.39, 0.29) is 5.91 Å². The predicted molar refractivity (Wildman–Crippen MR) is 81.8 cm³/mol. The summed E-state index contributed by atoms with van der Waals surface area (Å²) < 4.78 is 0. The molecule has 1 heterocycles. The molecule has 1 fully saturated rings. The fourth-order valence-electron chi connectivity index (χ4n) is 2.74. The molecule has 1 aromatic heterocycles. The van der Waals surface area contributed by atoms with E-state index in [2.05, 4.69) is 36.4 Å². The second kappa shape index (κ2) is 6.73. The van der Waals surface area contributed by atoms with Crippen LogP contribution in [0.4, 0.5) is 5.82 Å². The molecule has 1 aliphatic carbocycles. The van der Waals surface area contributed by atoms with E-state index in [0.29, 0.717) is 23.4 Å². The Balaban J connectivity index is 1.98. The summed E-state index contributed by atoms with van der Waals surface area (Å²) in [6.45, 7) is 7.46. The Bertz CT molecular complexity index is 461. The molecular formula is C16H25N3O. The number of nitrogens with zero attached hydrogens (tertiary/aromatic N) is 1. The molecule has 0 bridgehead atoms. The van der Waals surface area contributed by atoms with Gasteiger partial charge in [-0.25, -0.2) is 4.98 Å². The first-order valence-electron chi connectivity index (χ1n) is 7.62. The van der Waals surface area contributed by atoms with Gasteiger partial charge >= 0.3 is 0 Å². The minimum Gasteiger partial charge on any atom is -0.370 e. The Morgan fingerprint density at radius 2 is 2.20 bits per heavy atom. The number of aromatic nitrogens is 1. The lowest BCUT2D eigenvalue weighted by molar-refractivity contribution is 0.0927. The van der Waals surface area contributed by atoms with Crippen LogP contribution >= 0.6 is 0 Å². The van der Waals surface area contributed by atoms with Crippen molar-refractivity contribution in [1.82, 2.24) is 10.3 Å². The number of rotatable bonds is 5. The molecule has 0 saturated heterocycles. The second-order valence-electron chi connectivity index (χ2n) is 5.85.